The first kappa shape index (κ1) is 28.1. The maximum absolute atomic E-state index is 13.2. The highest BCUT2D eigenvalue weighted by Crippen LogP contribution is 2.34. The van der Waals surface area contributed by atoms with Crippen LogP contribution in [-0.4, -0.2) is 47.3 Å². The van der Waals surface area contributed by atoms with Gasteiger partial charge >= 0.3 is 13.8 Å². The maximum atomic E-state index is 13.2. The summed E-state index contributed by atoms with van der Waals surface area (Å²) in [7, 11) is -6.75. The highest BCUT2D eigenvalue weighted by atomic mass is 32.2. The molecule has 0 aliphatic heterocycles. The first-order valence-electron chi connectivity index (χ1n) is 11.1. The van der Waals surface area contributed by atoms with Crippen molar-refractivity contribution < 1.29 is 27.5 Å². The van der Waals surface area contributed by atoms with Crippen LogP contribution in [0.5, 0.6) is 0 Å². The molecule has 0 spiro atoms. The number of fused-ring (bicyclic) bond motifs is 1. The van der Waals surface area contributed by atoms with Crippen molar-refractivity contribution in [3.05, 3.63) is 48.0 Å². The van der Waals surface area contributed by atoms with E-state index in [9.17, 15) is 27.5 Å². The molecule has 8 nitrogen and oxygen atoms in total. The van der Waals surface area contributed by atoms with Gasteiger partial charge in [-0.05, 0) is 47.6 Å². The molecule has 10 heteroatoms. The second-order valence-electron chi connectivity index (χ2n) is 9.81. The third kappa shape index (κ3) is 6.69. The van der Waals surface area contributed by atoms with Crippen LogP contribution in [0.1, 0.15) is 52.5 Å². The van der Waals surface area contributed by atoms with Crippen molar-refractivity contribution in [3.63, 3.8) is 0 Å². The van der Waals surface area contributed by atoms with E-state index in [2.05, 4.69) is 5.32 Å². The Balaban J connectivity index is 2.47. The maximum Gasteiger partial charge on any atom is 0.539 e. The Kier molecular flexibility index (Phi) is 9.10. The molecular weight excluding hydrogens is 475 g/mol. The lowest BCUT2D eigenvalue weighted by atomic mass is 9.91. The van der Waals surface area contributed by atoms with Gasteiger partial charge in [0, 0.05) is 12.3 Å². The molecular formula is C24H34N2O6PS+. The predicted octanol–water partition coefficient (Wildman–Crippen LogP) is 3.26. The van der Waals surface area contributed by atoms with E-state index in [1.165, 1.54) is 0 Å². The summed E-state index contributed by atoms with van der Waals surface area (Å²) in [6, 6.07) is 11.9. The summed E-state index contributed by atoms with van der Waals surface area (Å²) in [5, 5.41) is 3.96. The molecule has 0 saturated carbocycles. The molecule has 0 aliphatic rings. The molecule has 0 radical (unpaired) electrons. The third-order valence-corrected chi connectivity index (χ3v) is 9.46. The quantitative estimate of drug-likeness (QED) is 0.417. The van der Waals surface area contributed by atoms with Gasteiger partial charge < -0.3 is 11.1 Å². The summed E-state index contributed by atoms with van der Waals surface area (Å²) >= 11 is 0. The van der Waals surface area contributed by atoms with Gasteiger partial charge in [-0.3, -0.25) is 9.59 Å². The molecule has 3 unspecified atom stereocenters. The molecule has 0 aliphatic carbocycles. The predicted molar refractivity (Wildman–Crippen MR) is 134 cm³/mol. The van der Waals surface area contributed by atoms with E-state index in [-0.39, 0.29) is 18.1 Å². The van der Waals surface area contributed by atoms with E-state index in [1.54, 1.807) is 46.8 Å². The second-order valence-corrected chi connectivity index (χ2v) is 13.7. The van der Waals surface area contributed by atoms with Crippen LogP contribution in [0.25, 0.3) is 10.8 Å². The molecule has 0 bridgehead atoms. The first-order chi connectivity index (χ1) is 15.7. The van der Waals surface area contributed by atoms with E-state index in [0.29, 0.717) is 5.56 Å². The number of nitrogens with two attached hydrogens (primary N) is 1. The van der Waals surface area contributed by atoms with E-state index in [4.69, 9.17) is 5.73 Å². The number of Topliss-reactive ketones (excluding diaryl/α,β-unsaturated/α-hetero) is 1. The van der Waals surface area contributed by atoms with Crippen molar-refractivity contribution in [2.24, 2.45) is 11.7 Å². The fraction of sp³-hybridized carbons (Fsp3) is 0.500. The summed E-state index contributed by atoms with van der Waals surface area (Å²) in [6.07, 6.45) is -0.340. The van der Waals surface area contributed by atoms with Gasteiger partial charge in [-0.25, -0.2) is 8.42 Å². The fourth-order valence-electron chi connectivity index (χ4n) is 3.53. The van der Waals surface area contributed by atoms with Gasteiger partial charge in [-0.15, -0.1) is 0 Å². The number of benzene rings is 2. The van der Waals surface area contributed by atoms with Crippen molar-refractivity contribution in [1.82, 2.24) is 5.32 Å². The van der Waals surface area contributed by atoms with E-state index in [1.807, 2.05) is 30.3 Å². The topological polar surface area (TPSA) is 144 Å². The average Bonchev–Trinajstić information content (AvgIpc) is 2.74. The van der Waals surface area contributed by atoms with E-state index >= 15 is 0 Å². The molecule has 4 N–H and O–H groups in total. The number of hydrogen-bond donors (Lipinski definition) is 3. The molecule has 2 aromatic carbocycles. The van der Waals surface area contributed by atoms with Gasteiger partial charge in [0.1, 0.15) is 0 Å². The van der Waals surface area contributed by atoms with Crippen LogP contribution < -0.4 is 11.1 Å². The molecule has 186 valence electrons. The average molecular weight is 510 g/mol. The molecule has 2 rings (SSSR count). The lowest BCUT2D eigenvalue weighted by molar-refractivity contribution is -0.127. The van der Waals surface area contributed by atoms with Crippen molar-refractivity contribution in [2.45, 2.75) is 63.5 Å². The highest BCUT2D eigenvalue weighted by Gasteiger charge is 2.42. The van der Waals surface area contributed by atoms with Crippen molar-refractivity contribution in [2.75, 3.05) is 5.75 Å². The Labute approximate surface area is 202 Å². The van der Waals surface area contributed by atoms with Crippen LogP contribution in [0.4, 0.5) is 0 Å². The van der Waals surface area contributed by atoms with Crippen molar-refractivity contribution in [1.29, 1.82) is 0 Å². The SMILES string of the molecule is CC(C)[C@H](N)C(=O)NC(C(=O)CC(CS(=O)(=O)C(C)(C)C)c1cccc2ccccc12)[P+](=O)O. The Bertz CT molecular complexity index is 1170. The van der Waals surface area contributed by atoms with Gasteiger partial charge in [0.2, 0.25) is 11.7 Å². The van der Waals surface area contributed by atoms with Gasteiger partial charge in [0.25, 0.3) is 0 Å². The van der Waals surface area contributed by atoms with Crippen molar-refractivity contribution >= 4 is 40.3 Å². The number of ketones is 1. The number of carbonyl (C=O) groups excluding carboxylic acids is 2. The van der Waals surface area contributed by atoms with Gasteiger partial charge in [-0.2, -0.15) is 4.89 Å². The molecule has 4 atom stereocenters. The number of sulfone groups is 1. The van der Waals surface area contributed by atoms with Crippen LogP contribution in [0.15, 0.2) is 42.5 Å². The van der Waals surface area contributed by atoms with Crippen LogP contribution >= 0.6 is 8.03 Å². The van der Waals surface area contributed by atoms with Gasteiger partial charge in [0.15, 0.2) is 9.84 Å². The molecule has 2 aromatic rings. The third-order valence-electron chi connectivity index (χ3n) is 5.89. The summed E-state index contributed by atoms with van der Waals surface area (Å²) in [4.78, 5) is 35.3. The number of nitrogens with one attached hydrogen (secondary N) is 1. The number of amides is 1. The van der Waals surface area contributed by atoms with Gasteiger partial charge in [0.05, 0.1) is 16.5 Å². The van der Waals surface area contributed by atoms with Crippen LogP contribution in [-0.2, 0) is 24.0 Å². The second kappa shape index (κ2) is 11.0. The van der Waals surface area contributed by atoms with Crippen molar-refractivity contribution in [3.8, 4) is 0 Å². The molecule has 0 fully saturated rings. The molecule has 34 heavy (non-hydrogen) atoms. The standard InChI is InChI=1S/C24H33N2O6PS/c1-15(2)21(25)22(28)26-23(33(29)30)20(27)13-17(14-34(31,32)24(3,4)5)19-12-8-10-16-9-6-7-11-18(16)19/h6-12,15,17,21,23H,13-14,25H2,1-5H3,(H-,26,28,29,30)/p+1/t17?,21-,23?/m0/s1. The smallest absolute Gasteiger partial charge is 0.320 e. The summed E-state index contributed by atoms with van der Waals surface area (Å²) in [6.45, 7) is 8.20. The lowest BCUT2D eigenvalue weighted by Crippen LogP contribution is -2.49. The minimum absolute atomic E-state index is 0.243. The largest absolute Gasteiger partial charge is 0.539 e. The molecule has 0 heterocycles. The van der Waals surface area contributed by atoms with E-state index < -0.39 is 52.0 Å². The van der Waals surface area contributed by atoms with Crippen LogP contribution in [0.3, 0.4) is 0 Å². The Hall–Kier alpha value is -2.19. The lowest BCUT2D eigenvalue weighted by Gasteiger charge is -2.25. The summed E-state index contributed by atoms with van der Waals surface area (Å²) in [5.74, 6) is -4.47. The Morgan fingerprint density at radius 1 is 1.09 bits per heavy atom. The first-order valence-corrected chi connectivity index (χ1v) is 14.0. The highest BCUT2D eigenvalue weighted by molar-refractivity contribution is 7.92. The zero-order valence-electron chi connectivity index (χ0n) is 20.2. The van der Waals surface area contributed by atoms with Crippen LogP contribution in [0, 0.1) is 5.92 Å². The summed E-state index contributed by atoms with van der Waals surface area (Å²) in [5.41, 5.74) is 6.46. The normalized spacial score (nSPS) is 15.6. The number of carbonyl (C=O) groups is 2. The minimum atomic E-state index is -3.65. The molecule has 0 aromatic heterocycles. The minimum Gasteiger partial charge on any atom is -0.320 e. The van der Waals surface area contributed by atoms with E-state index in [0.717, 1.165) is 10.8 Å². The monoisotopic (exact) mass is 509 g/mol. The Morgan fingerprint density at radius 2 is 1.68 bits per heavy atom. The fourth-order valence-corrected chi connectivity index (χ4v) is 5.44. The number of rotatable bonds is 10. The van der Waals surface area contributed by atoms with Gasteiger partial charge in [-0.1, -0.05) is 56.3 Å². The molecule has 0 saturated heterocycles. The Morgan fingerprint density at radius 3 is 2.24 bits per heavy atom. The van der Waals surface area contributed by atoms with Crippen LogP contribution in [0.2, 0.25) is 0 Å². The number of hydrogen-bond acceptors (Lipinski definition) is 6. The molecule has 1 amide bonds. The summed E-state index contributed by atoms with van der Waals surface area (Å²) < 4.78 is 37.1. The zero-order chi connectivity index (χ0) is 25.8. The zero-order valence-corrected chi connectivity index (χ0v) is 21.9.